The molecule has 2 aromatic carbocycles. The number of carbonyl (C=O) groups excluding carboxylic acids is 5. The van der Waals surface area contributed by atoms with E-state index in [4.69, 9.17) is 0 Å². The summed E-state index contributed by atoms with van der Waals surface area (Å²) in [6.45, 7) is 0. The van der Waals surface area contributed by atoms with Gasteiger partial charge in [0.1, 0.15) is 0 Å². The van der Waals surface area contributed by atoms with Crippen molar-refractivity contribution in [2.75, 3.05) is 0 Å². The SMILES string of the molecule is O=C(c1ccc(C(=O)[O-])c(C(=O)[O-])c1)c1ccc(C(=O)[O-])c(C(=O)[O-])c1.[Rb+].[Rb+].[Rb+]. The van der Waals surface area contributed by atoms with Crippen LogP contribution in [0.25, 0.3) is 0 Å². The molecule has 0 N–H and O–H groups in total. The van der Waals surface area contributed by atoms with Gasteiger partial charge in [-0.3, -0.25) is 4.79 Å². The number of rotatable bonds is 6. The molecule has 2 aromatic rings. The van der Waals surface area contributed by atoms with E-state index in [1.54, 1.807) is 0 Å². The number of benzene rings is 2. The molecule has 0 saturated carbocycles. The average Bonchev–Trinajstić information content (AvgIpc) is 2.59. The Bertz CT molecular complexity index is 909. The quantitative estimate of drug-likeness (QED) is 0.287. The molecule has 0 aromatic heterocycles. The van der Waals surface area contributed by atoms with Crippen LogP contribution in [-0.2, 0) is 0 Å². The summed E-state index contributed by atoms with van der Waals surface area (Å²) in [7, 11) is 0. The van der Waals surface area contributed by atoms with Crippen LogP contribution in [0.5, 0.6) is 0 Å². The molecule has 12 heteroatoms. The van der Waals surface area contributed by atoms with Gasteiger partial charge in [0, 0.05) is 33.4 Å². The fourth-order valence-corrected chi connectivity index (χ4v) is 2.23. The minimum atomic E-state index is -1.86. The molecule has 0 aliphatic heterocycles. The summed E-state index contributed by atoms with van der Waals surface area (Å²) >= 11 is 0. The van der Waals surface area contributed by atoms with Crippen molar-refractivity contribution in [3.05, 3.63) is 69.8 Å². The number of carboxylic acid groups (broad SMARTS) is 4. The number of ketones is 1. The van der Waals surface area contributed by atoms with Crippen molar-refractivity contribution >= 4 is 29.7 Å². The number of aromatic carboxylic acids is 4. The van der Waals surface area contributed by atoms with E-state index >= 15 is 0 Å². The van der Waals surface area contributed by atoms with Crippen LogP contribution in [0.15, 0.2) is 36.4 Å². The first-order valence-electron chi connectivity index (χ1n) is 6.81. The van der Waals surface area contributed by atoms with Crippen LogP contribution >= 0.6 is 0 Å². The predicted molar refractivity (Wildman–Crippen MR) is 73.6 cm³/mol. The van der Waals surface area contributed by atoms with Gasteiger partial charge in [0.05, 0.1) is 23.9 Å². The molecule has 29 heavy (non-hydrogen) atoms. The summed E-state index contributed by atoms with van der Waals surface area (Å²) in [5.74, 6) is -8.19. The Morgan fingerprint density at radius 3 is 1.00 bits per heavy atom. The van der Waals surface area contributed by atoms with Crippen molar-refractivity contribution in [3.8, 4) is 0 Å². The normalized spacial score (nSPS) is 9.10. The molecular weight excluding hydrogens is 605 g/mol. The van der Waals surface area contributed by atoms with Gasteiger partial charge in [-0.05, 0) is 12.1 Å². The summed E-state index contributed by atoms with van der Waals surface area (Å²) in [4.78, 5) is 56.2. The summed E-state index contributed by atoms with van der Waals surface area (Å²) in [5, 5.41) is 43.8. The molecule has 0 amide bonds. The van der Waals surface area contributed by atoms with Crippen LogP contribution < -0.4 is 195 Å². The van der Waals surface area contributed by atoms with E-state index in [1.807, 2.05) is 0 Å². The Balaban J connectivity index is 0. The van der Waals surface area contributed by atoms with E-state index in [9.17, 15) is 44.4 Å². The smallest absolute Gasteiger partial charge is 0.545 e. The van der Waals surface area contributed by atoms with Gasteiger partial charge in [-0.2, -0.15) is 0 Å². The maximum Gasteiger partial charge on any atom is 1.00 e. The van der Waals surface area contributed by atoms with Gasteiger partial charge < -0.3 is 39.6 Å². The monoisotopic (exact) mass is 609 g/mol. The molecular formula is C17H6O9Rb3-. The molecule has 0 spiro atoms. The fraction of sp³-hybridized carbons (Fsp3) is 0. The van der Waals surface area contributed by atoms with E-state index in [-0.39, 0.29) is 186 Å². The van der Waals surface area contributed by atoms with E-state index in [2.05, 4.69) is 0 Å². The summed E-state index contributed by atoms with van der Waals surface area (Å²) in [6.07, 6.45) is 0. The zero-order chi connectivity index (χ0) is 19.6. The standard InChI is InChI=1S/C17H10O9.3Rb/c18-13(7-1-3-9(14(19)20)11(5-7)16(23)24)8-2-4-10(15(21)22)12(6-8)17(25)26;;;/h1-6H,(H,19,20)(H,21,22)(H,23,24)(H,25,26);;;/q;3*+1/p-4. The predicted octanol–water partition coefficient (Wildman–Crippen LogP) is -12.6. The molecule has 0 heterocycles. The van der Waals surface area contributed by atoms with Crippen molar-refractivity contribution in [3.63, 3.8) is 0 Å². The number of carboxylic acids is 4. The van der Waals surface area contributed by atoms with Crippen molar-refractivity contribution in [2.24, 2.45) is 0 Å². The molecule has 0 atom stereocenters. The number of hydrogen-bond donors (Lipinski definition) is 0. The maximum atomic E-state index is 12.4. The molecule has 0 bridgehead atoms. The van der Waals surface area contributed by atoms with Crippen LogP contribution in [0, 0.1) is 0 Å². The fourth-order valence-electron chi connectivity index (χ4n) is 2.23. The maximum absolute atomic E-state index is 12.4. The van der Waals surface area contributed by atoms with E-state index < -0.39 is 51.9 Å². The molecule has 2 rings (SSSR count). The summed E-state index contributed by atoms with van der Waals surface area (Å²) in [6, 6.07) is 5.09. The summed E-state index contributed by atoms with van der Waals surface area (Å²) < 4.78 is 0. The number of carbonyl (C=O) groups is 5. The molecule has 0 aliphatic rings. The second-order valence-corrected chi connectivity index (χ2v) is 5.00. The van der Waals surface area contributed by atoms with E-state index in [1.165, 1.54) is 0 Å². The summed E-state index contributed by atoms with van der Waals surface area (Å²) in [5.41, 5.74) is -3.60. The molecule has 0 aliphatic carbocycles. The molecule has 0 unspecified atom stereocenters. The van der Waals surface area contributed by atoms with Gasteiger partial charge in [-0.25, -0.2) is 0 Å². The third kappa shape index (κ3) is 8.36. The van der Waals surface area contributed by atoms with Crippen molar-refractivity contribution in [2.45, 2.75) is 0 Å². The first kappa shape index (κ1) is 32.6. The first-order chi connectivity index (χ1) is 12.1. The van der Waals surface area contributed by atoms with Crippen LogP contribution in [0.4, 0.5) is 0 Å². The van der Waals surface area contributed by atoms with E-state index in [0.717, 1.165) is 36.4 Å². The second-order valence-electron chi connectivity index (χ2n) is 5.00. The molecule has 0 fully saturated rings. The van der Waals surface area contributed by atoms with Gasteiger partial charge in [-0.1, -0.05) is 24.3 Å². The molecule has 0 radical (unpaired) electrons. The van der Waals surface area contributed by atoms with Crippen LogP contribution in [0.2, 0.25) is 0 Å². The van der Waals surface area contributed by atoms with Crippen LogP contribution in [0.1, 0.15) is 57.4 Å². The van der Waals surface area contributed by atoms with Crippen molar-refractivity contribution in [1.29, 1.82) is 0 Å². The largest absolute Gasteiger partial charge is 1.00 e. The third-order valence-corrected chi connectivity index (χ3v) is 3.44. The van der Waals surface area contributed by atoms with Crippen molar-refractivity contribution in [1.82, 2.24) is 0 Å². The topological polar surface area (TPSA) is 178 Å². The zero-order valence-electron chi connectivity index (χ0n) is 15.6. The van der Waals surface area contributed by atoms with Crippen LogP contribution in [-0.4, -0.2) is 29.7 Å². The van der Waals surface area contributed by atoms with E-state index in [0.29, 0.717) is 0 Å². The third-order valence-electron chi connectivity index (χ3n) is 3.44. The average molecular weight is 611 g/mol. The van der Waals surface area contributed by atoms with Gasteiger partial charge >= 0.3 is 175 Å². The first-order valence-corrected chi connectivity index (χ1v) is 6.81. The molecule has 0 saturated heterocycles. The van der Waals surface area contributed by atoms with Gasteiger partial charge in [0.15, 0.2) is 5.78 Å². The van der Waals surface area contributed by atoms with Gasteiger partial charge in [-0.15, -0.1) is 0 Å². The molecule has 9 nitrogen and oxygen atoms in total. The Kier molecular flexibility index (Phi) is 16.3. The Morgan fingerprint density at radius 2 is 0.759 bits per heavy atom. The minimum absolute atomic E-state index is 0. The minimum Gasteiger partial charge on any atom is -0.545 e. The molecule has 132 valence electrons. The Hall–Kier alpha value is 1.41. The Labute approximate surface area is 310 Å². The zero-order valence-corrected chi connectivity index (χ0v) is 30.4. The number of hydrogen-bond acceptors (Lipinski definition) is 9. The van der Waals surface area contributed by atoms with Gasteiger partial charge in [0.2, 0.25) is 0 Å². The van der Waals surface area contributed by atoms with Crippen molar-refractivity contribution < 1.29 is 219 Å². The Morgan fingerprint density at radius 1 is 0.483 bits per heavy atom. The van der Waals surface area contributed by atoms with Crippen LogP contribution in [0.3, 0.4) is 0 Å². The van der Waals surface area contributed by atoms with Gasteiger partial charge in [0.25, 0.3) is 0 Å². The second kappa shape index (κ2) is 14.5.